The van der Waals surface area contributed by atoms with Gasteiger partial charge in [0.2, 0.25) is 10.0 Å². The van der Waals surface area contributed by atoms with E-state index < -0.39 is 10.0 Å². The van der Waals surface area contributed by atoms with E-state index in [4.69, 9.17) is 11.6 Å². The number of rotatable bonds is 6. The molecule has 1 saturated carbocycles. The summed E-state index contributed by atoms with van der Waals surface area (Å²) in [6.07, 6.45) is 1.83. The van der Waals surface area contributed by atoms with Crippen molar-refractivity contribution in [3.8, 4) is 0 Å². The second kappa shape index (κ2) is 6.02. The summed E-state index contributed by atoms with van der Waals surface area (Å²) in [6.45, 7) is 6.53. The highest BCUT2D eigenvalue weighted by atomic mass is 35.5. The second-order valence-electron chi connectivity index (χ2n) is 5.62. The molecule has 112 valence electrons. The topological polar surface area (TPSA) is 58.2 Å². The summed E-state index contributed by atoms with van der Waals surface area (Å²) in [4.78, 5) is 0.289. The minimum Gasteiger partial charge on any atom is -0.310 e. The van der Waals surface area contributed by atoms with Gasteiger partial charge in [-0.3, -0.25) is 0 Å². The van der Waals surface area contributed by atoms with Gasteiger partial charge in [-0.15, -0.1) is 0 Å². The lowest BCUT2D eigenvalue weighted by molar-refractivity contribution is 0.577. The predicted molar refractivity (Wildman–Crippen MR) is 81.5 cm³/mol. The molecule has 0 radical (unpaired) electrons. The normalized spacial score (nSPS) is 15.8. The van der Waals surface area contributed by atoms with E-state index in [0.717, 1.165) is 24.0 Å². The van der Waals surface area contributed by atoms with Gasteiger partial charge in [-0.05, 0) is 43.0 Å². The maximum atomic E-state index is 12.4. The smallest absolute Gasteiger partial charge is 0.241 e. The number of hydrogen-bond donors (Lipinski definition) is 2. The van der Waals surface area contributed by atoms with Gasteiger partial charge in [-0.2, -0.15) is 0 Å². The third-order valence-corrected chi connectivity index (χ3v) is 5.19. The van der Waals surface area contributed by atoms with Crippen molar-refractivity contribution in [2.45, 2.75) is 57.1 Å². The number of benzene rings is 1. The van der Waals surface area contributed by atoms with Gasteiger partial charge in [-0.25, -0.2) is 13.1 Å². The van der Waals surface area contributed by atoms with Crippen molar-refractivity contribution in [1.82, 2.24) is 10.0 Å². The molecule has 2 N–H and O–H groups in total. The molecule has 0 spiro atoms. The molecule has 1 aromatic carbocycles. The summed E-state index contributed by atoms with van der Waals surface area (Å²) in [5.74, 6) is 0. The Morgan fingerprint density at radius 3 is 2.55 bits per heavy atom. The van der Waals surface area contributed by atoms with Gasteiger partial charge in [0.25, 0.3) is 0 Å². The molecule has 0 saturated heterocycles. The summed E-state index contributed by atoms with van der Waals surface area (Å²) in [5.41, 5.74) is 1.68. The minimum atomic E-state index is -3.47. The summed E-state index contributed by atoms with van der Waals surface area (Å²) in [6, 6.07) is 3.77. The van der Waals surface area contributed by atoms with E-state index in [2.05, 4.69) is 10.0 Å². The lowest BCUT2D eigenvalue weighted by atomic mass is 10.1. The SMILES string of the molecule is Cc1c(CNC(C)C)cc(Cl)cc1S(=O)(=O)NC1CC1. The molecule has 0 unspecified atom stereocenters. The van der Waals surface area contributed by atoms with Gasteiger partial charge in [0.05, 0.1) is 4.90 Å². The van der Waals surface area contributed by atoms with Crippen molar-refractivity contribution >= 4 is 21.6 Å². The quantitative estimate of drug-likeness (QED) is 0.848. The van der Waals surface area contributed by atoms with Crippen LogP contribution in [0, 0.1) is 6.92 Å². The molecule has 0 aromatic heterocycles. The van der Waals surface area contributed by atoms with Crippen molar-refractivity contribution in [1.29, 1.82) is 0 Å². The second-order valence-corrected chi connectivity index (χ2v) is 7.74. The van der Waals surface area contributed by atoms with Crippen LogP contribution in [0.3, 0.4) is 0 Å². The van der Waals surface area contributed by atoms with E-state index in [-0.39, 0.29) is 10.9 Å². The zero-order valence-corrected chi connectivity index (χ0v) is 13.6. The first-order chi connectivity index (χ1) is 9.29. The van der Waals surface area contributed by atoms with Crippen molar-refractivity contribution < 1.29 is 8.42 Å². The van der Waals surface area contributed by atoms with Crippen molar-refractivity contribution in [2.75, 3.05) is 0 Å². The Bertz CT molecular complexity index is 595. The maximum Gasteiger partial charge on any atom is 0.241 e. The van der Waals surface area contributed by atoms with Crippen LogP contribution in [-0.2, 0) is 16.6 Å². The van der Waals surface area contributed by atoms with Crippen molar-refractivity contribution in [2.24, 2.45) is 0 Å². The molecule has 1 aromatic rings. The van der Waals surface area contributed by atoms with E-state index >= 15 is 0 Å². The lowest BCUT2D eigenvalue weighted by Gasteiger charge is -2.15. The van der Waals surface area contributed by atoms with Gasteiger partial charge >= 0.3 is 0 Å². The Morgan fingerprint density at radius 1 is 1.35 bits per heavy atom. The summed E-state index contributed by atoms with van der Waals surface area (Å²) >= 11 is 6.08. The molecule has 0 heterocycles. The van der Waals surface area contributed by atoms with E-state index in [1.54, 1.807) is 0 Å². The minimum absolute atomic E-state index is 0.0932. The van der Waals surface area contributed by atoms with Crippen LogP contribution in [0.4, 0.5) is 0 Å². The van der Waals surface area contributed by atoms with Crippen LogP contribution in [0.25, 0.3) is 0 Å². The average molecular weight is 317 g/mol. The van der Waals surface area contributed by atoms with E-state index in [1.807, 2.05) is 26.8 Å². The zero-order valence-electron chi connectivity index (χ0n) is 12.0. The average Bonchev–Trinajstić information content (AvgIpc) is 3.12. The fourth-order valence-electron chi connectivity index (χ4n) is 1.97. The Hall–Kier alpha value is -0.620. The highest BCUT2D eigenvalue weighted by molar-refractivity contribution is 7.89. The first-order valence-electron chi connectivity index (χ1n) is 6.84. The van der Waals surface area contributed by atoms with Crippen LogP contribution in [0.5, 0.6) is 0 Å². The van der Waals surface area contributed by atoms with Crippen LogP contribution in [0.2, 0.25) is 5.02 Å². The Labute approximate surface area is 126 Å². The van der Waals surface area contributed by atoms with E-state index in [9.17, 15) is 8.42 Å². The van der Waals surface area contributed by atoms with Crippen molar-refractivity contribution in [3.05, 3.63) is 28.3 Å². The predicted octanol–water partition coefficient (Wildman–Crippen LogP) is 2.59. The number of hydrogen-bond acceptors (Lipinski definition) is 3. The van der Waals surface area contributed by atoms with Gasteiger partial charge in [0.1, 0.15) is 0 Å². The Morgan fingerprint density at radius 2 is 2.00 bits per heavy atom. The van der Waals surface area contributed by atoms with Crippen molar-refractivity contribution in [3.63, 3.8) is 0 Å². The van der Waals surface area contributed by atoms with Gasteiger partial charge in [-0.1, -0.05) is 25.4 Å². The highest BCUT2D eigenvalue weighted by Gasteiger charge is 2.29. The molecular weight excluding hydrogens is 296 g/mol. The molecule has 0 aliphatic heterocycles. The molecule has 1 fully saturated rings. The molecule has 6 heteroatoms. The summed E-state index contributed by atoms with van der Waals surface area (Å²) in [7, 11) is -3.47. The molecule has 2 rings (SSSR count). The molecule has 0 bridgehead atoms. The van der Waals surface area contributed by atoms with Crippen LogP contribution in [0.1, 0.15) is 37.8 Å². The van der Waals surface area contributed by atoms with Gasteiger partial charge in [0, 0.05) is 23.7 Å². The number of nitrogens with one attached hydrogen (secondary N) is 2. The Balaban J connectivity index is 2.32. The Kier molecular flexibility index (Phi) is 4.74. The third kappa shape index (κ3) is 3.95. The molecule has 4 nitrogen and oxygen atoms in total. The third-order valence-electron chi connectivity index (χ3n) is 3.32. The molecule has 20 heavy (non-hydrogen) atoms. The van der Waals surface area contributed by atoms with Crippen LogP contribution < -0.4 is 10.0 Å². The van der Waals surface area contributed by atoms with E-state index in [1.165, 1.54) is 6.07 Å². The standard InChI is InChI=1S/C14H21ClN2O2S/c1-9(2)16-8-11-6-12(15)7-14(10(11)3)20(18,19)17-13-4-5-13/h6-7,9,13,16-17H,4-5,8H2,1-3H3. The lowest BCUT2D eigenvalue weighted by Crippen LogP contribution is -2.27. The molecule has 1 aliphatic carbocycles. The van der Waals surface area contributed by atoms with Crippen LogP contribution >= 0.6 is 11.6 Å². The summed E-state index contributed by atoms with van der Waals surface area (Å²) in [5, 5.41) is 3.74. The fraction of sp³-hybridized carbons (Fsp3) is 0.571. The number of halogens is 1. The highest BCUT2D eigenvalue weighted by Crippen LogP contribution is 2.27. The molecule has 0 amide bonds. The maximum absolute atomic E-state index is 12.4. The first-order valence-corrected chi connectivity index (χ1v) is 8.70. The largest absolute Gasteiger partial charge is 0.310 e. The van der Waals surface area contributed by atoms with E-state index in [0.29, 0.717) is 17.6 Å². The summed E-state index contributed by atoms with van der Waals surface area (Å²) < 4.78 is 27.4. The van der Waals surface area contributed by atoms with Gasteiger partial charge in [0.15, 0.2) is 0 Å². The molecule has 1 aliphatic rings. The molecular formula is C14H21ClN2O2S. The van der Waals surface area contributed by atoms with Gasteiger partial charge < -0.3 is 5.32 Å². The first kappa shape index (κ1) is 15.8. The fourth-order valence-corrected chi connectivity index (χ4v) is 3.89. The van der Waals surface area contributed by atoms with Crippen LogP contribution in [-0.4, -0.2) is 20.5 Å². The molecule has 0 atom stereocenters. The number of sulfonamides is 1. The monoisotopic (exact) mass is 316 g/mol. The zero-order chi connectivity index (χ0) is 14.9. The van der Waals surface area contributed by atoms with Crippen LogP contribution in [0.15, 0.2) is 17.0 Å².